The van der Waals surface area contributed by atoms with E-state index in [0.717, 1.165) is 61.0 Å². The lowest BCUT2D eigenvalue weighted by Gasteiger charge is -2.43. The summed E-state index contributed by atoms with van der Waals surface area (Å²) in [7, 11) is 5.15. The molecular weight excluding hydrogens is 566 g/mol. The van der Waals surface area contributed by atoms with Crippen molar-refractivity contribution in [1.29, 1.82) is 0 Å². The van der Waals surface area contributed by atoms with Gasteiger partial charge in [-0.15, -0.1) is 0 Å². The van der Waals surface area contributed by atoms with Gasteiger partial charge >= 0.3 is 6.03 Å². The minimum absolute atomic E-state index is 0.0363. The normalized spacial score (nSPS) is 20.8. The molecule has 250 valence electrons. The number of methoxy groups -OCH3 is 2. The number of allylic oxidation sites excluding steroid dienone is 4. The van der Waals surface area contributed by atoms with E-state index >= 15 is 0 Å². The summed E-state index contributed by atoms with van der Waals surface area (Å²) in [6.45, 7) is 18.1. The molecule has 1 aromatic rings. The van der Waals surface area contributed by atoms with Crippen LogP contribution in [0.5, 0.6) is 11.5 Å². The van der Waals surface area contributed by atoms with Gasteiger partial charge in [-0.3, -0.25) is 4.79 Å². The Morgan fingerprint density at radius 1 is 1.00 bits per heavy atom. The van der Waals surface area contributed by atoms with E-state index in [4.69, 9.17) is 14.2 Å². The fraction of sp³-hybridized carbons (Fsp3) is 0.568. The Hall–Kier alpha value is -3.68. The van der Waals surface area contributed by atoms with Crippen molar-refractivity contribution < 1.29 is 23.8 Å². The van der Waals surface area contributed by atoms with E-state index in [-0.39, 0.29) is 17.7 Å². The van der Waals surface area contributed by atoms with Crippen molar-refractivity contribution in [3.05, 3.63) is 71.2 Å². The molecule has 2 aliphatic heterocycles. The van der Waals surface area contributed by atoms with E-state index in [1.54, 1.807) is 19.1 Å². The van der Waals surface area contributed by atoms with Crippen molar-refractivity contribution in [2.24, 2.45) is 0 Å². The van der Waals surface area contributed by atoms with Crippen LogP contribution in [0.15, 0.2) is 60.1 Å². The maximum Gasteiger partial charge on any atom is 0.320 e. The van der Waals surface area contributed by atoms with Crippen LogP contribution in [0, 0.1) is 0 Å². The van der Waals surface area contributed by atoms with Crippen molar-refractivity contribution in [2.45, 2.75) is 98.6 Å². The summed E-state index contributed by atoms with van der Waals surface area (Å²) in [6.07, 6.45) is 14.1. The van der Waals surface area contributed by atoms with E-state index in [1.165, 1.54) is 0 Å². The second-order valence-electron chi connectivity index (χ2n) is 11.2. The minimum atomic E-state index is -0.499. The lowest BCUT2D eigenvalue weighted by Crippen LogP contribution is -2.54. The maximum absolute atomic E-state index is 14.0. The summed E-state index contributed by atoms with van der Waals surface area (Å²) < 4.78 is 17.1. The number of urea groups is 1. The van der Waals surface area contributed by atoms with Crippen LogP contribution >= 0.6 is 0 Å². The smallest absolute Gasteiger partial charge is 0.320 e. The molecule has 0 bridgehead atoms. The zero-order chi connectivity index (χ0) is 33.6. The predicted molar refractivity (Wildman–Crippen MR) is 183 cm³/mol. The van der Waals surface area contributed by atoms with Gasteiger partial charge in [-0.2, -0.15) is 0 Å². The Bertz CT molecular complexity index is 1250. The second-order valence-corrected chi connectivity index (χ2v) is 11.2. The molecule has 45 heavy (non-hydrogen) atoms. The number of likely N-dealkylation sites (tertiary alicyclic amines) is 1. The highest BCUT2D eigenvalue weighted by molar-refractivity contribution is 5.91. The lowest BCUT2D eigenvalue weighted by atomic mass is 9.87. The van der Waals surface area contributed by atoms with Gasteiger partial charge in [0.2, 0.25) is 0 Å². The van der Waals surface area contributed by atoms with Gasteiger partial charge in [0.05, 0.1) is 19.8 Å². The molecule has 0 N–H and O–H groups in total. The number of likely N-dealkylation sites (N-methyl/N-ethyl adjacent to an activating group) is 1. The molecule has 1 fully saturated rings. The number of nitrogens with zero attached hydrogens (tertiary/aromatic N) is 3. The van der Waals surface area contributed by atoms with Crippen LogP contribution in [0.3, 0.4) is 0 Å². The van der Waals surface area contributed by atoms with Crippen LogP contribution in [0.1, 0.15) is 91.2 Å². The molecule has 1 unspecified atom stereocenters. The quantitative estimate of drug-likeness (QED) is 0.182. The summed E-state index contributed by atoms with van der Waals surface area (Å²) >= 11 is 0. The molecule has 8 heteroatoms. The van der Waals surface area contributed by atoms with Crippen molar-refractivity contribution in [3.8, 4) is 11.5 Å². The van der Waals surface area contributed by atoms with Gasteiger partial charge in [0.15, 0.2) is 5.76 Å². The topological polar surface area (TPSA) is 71.5 Å². The molecule has 1 aromatic carbocycles. The molecule has 1 atom stereocenters. The summed E-state index contributed by atoms with van der Waals surface area (Å²) in [5.74, 6) is 2.15. The third kappa shape index (κ3) is 9.18. The van der Waals surface area contributed by atoms with E-state index in [2.05, 4.69) is 24.8 Å². The van der Waals surface area contributed by atoms with Crippen LogP contribution < -0.4 is 9.47 Å². The van der Waals surface area contributed by atoms with Crippen LogP contribution in [-0.2, 0) is 22.5 Å². The molecule has 8 nitrogen and oxygen atoms in total. The fourth-order valence-corrected chi connectivity index (χ4v) is 6.20. The number of carbonyl (C=O) groups excluding carboxylic acids is 2. The van der Waals surface area contributed by atoms with Crippen LogP contribution in [0.4, 0.5) is 4.79 Å². The molecule has 1 saturated heterocycles. The van der Waals surface area contributed by atoms with Gasteiger partial charge in [-0.25, -0.2) is 4.79 Å². The van der Waals surface area contributed by atoms with Gasteiger partial charge in [0.1, 0.15) is 17.3 Å². The summed E-state index contributed by atoms with van der Waals surface area (Å²) in [5, 5.41) is 0. The maximum atomic E-state index is 14.0. The number of rotatable bonds is 6. The first-order valence-electron chi connectivity index (χ1n) is 16.7. The molecule has 0 aromatic heterocycles. The lowest BCUT2D eigenvalue weighted by molar-refractivity contribution is -0.130. The highest BCUT2D eigenvalue weighted by Gasteiger charge is 2.40. The number of fused-ring (bicyclic) bond motifs is 1. The third-order valence-corrected chi connectivity index (χ3v) is 8.53. The van der Waals surface area contributed by atoms with E-state index in [0.29, 0.717) is 44.1 Å². The molecule has 1 aliphatic carbocycles. The molecule has 4 rings (SSSR count). The Labute approximate surface area is 272 Å². The molecule has 3 aliphatic rings. The Morgan fingerprint density at radius 2 is 1.71 bits per heavy atom. The number of amides is 3. The zero-order valence-corrected chi connectivity index (χ0v) is 29.3. The summed E-state index contributed by atoms with van der Waals surface area (Å²) in [4.78, 5) is 33.0. The van der Waals surface area contributed by atoms with Crippen molar-refractivity contribution >= 4 is 11.9 Å². The first kappa shape index (κ1) is 37.5. The first-order valence-corrected chi connectivity index (χ1v) is 16.7. The molecule has 1 spiro atoms. The van der Waals surface area contributed by atoms with E-state index in [9.17, 15) is 9.59 Å². The van der Waals surface area contributed by atoms with Gasteiger partial charge in [0.25, 0.3) is 5.91 Å². The predicted octanol–water partition coefficient (Wildman–Crippen LogP) is 8.04. The van der Waals surface area contributed by atoms with Crippen LogP contribution in [0.25, 0.3) is 0 Å². The summed E-state index contributed by atoms with van der Waals surface area (Å²) in [6, 6.07) is 3.87. The molecule has 2 heterocycles. The standard InChI is InChI=1S/C33H45N3O5.2C2H6/c1-7-36-32(38)34(4)23-26-21-27(39-5)22-30(40-6)28(26)14-10-11-16-33(36)17-12-19-35(20-18-33)31(37)25(3)41-29-15-9-8-13-24(29)2;2*1-2/h9,11,15-16,21-22H,3,7-8,10,12-14,17-20,23H2,1-2,4-6H3;2*1-2H3/b16-11+;;. The van der Waals surface area contributed by atoms with Crippen LogP contribution in [-0.4, -0.2) is 73.1 Å². The molecular formula is C37H57N3O5. The average molecular weight is 624 g/mol. The van der Waals surface area contributed by atoms with Crippen molar-refractivity contribution in [1.82, 2.24) is 14.7 Å². The second kappa shape index (κ2) is 18.3. The highest BCUT2D eigenvalue weighted by Crippen LogP contribution is 2.35. The zero-order valence-electron chi connectivity index (χ0n) is 29.3. The van der Waals surface area contributed by atoms with Gasteiger partial charge in [-0.05, 0) is 87.6 Å². The Balaban J connectivity index is 0.00000169. The fourth-order valence-electron chi connectivity index (χ4n) is 6.20. The van der Waals surface area contributed by atoms with Gasteiger partial charge in [0, 0.05) is 39.3 Å². The van der Waals surface area contributed by atoms with Gasteiger partial charge < -0.3 is 28.9 Å². The average Bonchev–Trinajstić information content (AvgIpc) is 3.29. The number of carbonyl (C=O) groups is 2. The van der Waals surface area contributed by atoms with Crippen LogP contribution in [0.2, 0.25) is 0 Å². The van der Waals surface area contributed by atoms with E-state index in [1.807, 2.05) is 76.6 Å². The third-order valence-electron chi connectivity index (χ3n) is 8.53. The molecule has 0 radical (unpaired) electrons. The number of hydrogen-bond donors (Lipinski definition) is 0. The number of benzene rings is 1. The number of ether oxygens (including phenoxy) is 3. The van der Waals surface area contributed by atoms with Gasteiger partial charge in [-0.1, -0.05) is 52.5 Å². The van der Waals surface area contributed by atoms with Crippen molar-refractivity contribution in [3.63, 3.8) is 0 Å². The van der Waals surface area contributed by atoms with Crippen molar-refractivity contribution in [2.75, 3.05) is 40.9 Å². The first-order chi connectivity index (χ1) is 21.7. The van der Waals surface area contributed by atoms with E-state index < -0.39 is 5.54 Å². The molecule has 3 amide bonds. The number of hydrogen-bond acceptors (Lipinski definition) is 5. The highest BCUT2D eigenvalue weighted by atomic mass is 16.5. The molecule has 0 saturated carbocycles. The monoisotopic (exact) mass is 623 g/mol. The Morgan fingerprint density at radius 3 is 2.36 bits per heavy atom. The summed E-state index contributed by atoms with van der Waals surface area (Å²) in [5.41, 5.74) is 2.73. The SMILES string of the molecule is C=C(OC1=C(C)CCC=C1)C(=O)N1CCCC2(/C=C/CCc3c(cc(OC)cc3OC)CN(C)C(=O)N2CC)CC1.CC.CC. The largest absolute Gasteiger partial charge is 0.497 e. The minimum Gasteiger partial charge on any atom is -0.497 e. The Kier molecular flexibility index (Phi) is 15.3.